The largest absolute Gasteiger partial charge is 0.385 e. The average Bonchev–Trinajstić information content (AvgIpc) is 2.82. The van der Waals surface area contributed by atoms with E-state index in [1.807, 2.05) is 12.4 Å². The minimum absolute atomic E-state index is 0.239. The third-order valence-electron chi connectivity index (χ3n) is 7.34. The van der Waals surface area contributed by atoms with Crippen molar-refractivity contribution in [2.45, 2.75) is 38.1 Å². The lowest BCUT2D eigenvalue weighted by molar-refractivity contribution is -0.139. The Balaban J connectivity index is 1.49. The Morgan fingerprint density at radius 1 is 1.27 bits per heavy atom. The maximum Gasteiger partial charge on any atom is 0.228 e. The lowest BCUT2D eigenvalue weighted by Crippen LogP contribution is -2.61. The summed E-state index contributed by atoms with van der Waals surface area (Å²) in [6.45, 7) is 6.89. The first-order chi connectivity index (χ1) is 14.7. The highest BCUT2D eigenvalue weighted by Crippen LogP contribution is 2.48. The number of anilines is 1. The van der Waals surface area contributed by atoms with Crippen molar-refractivity contribution in [1.82, 2.24) is 15.2 Å². The molecule has 7 heteroatoms. The molecule has 4 rings (SSSR count). The van der Waals surface area contributed by atoms with E-state index in [1.54, 1.807) is 7.11 Å². The third-order valence-corrected chi connectivity index (χ3v) is 7.34. The summed E-state index contributed by atoms with van der Waals surface area (Å²) in [5.74, 6) is 0.669. The van der Waals surface area contributed by atoms with Crippen LogP contribution < -0.4 is 10.2 Å². The maximum atomic E-state index is 13.6. The van der Waals surface area contributed by atoms with Crippen molar-refractivity contribution in [2.24, 2.45) is 11.3 Å². The Morgan fingerprint density at radius 3 is 2.83 bits per heavy atom. The SMILES string of the molecule is COCCCNC(=O)[C@@]12CC[C@H](N3CCOCC3)C[C@H]1CCN(c1ccncc1)C2. The molecular formula is C23H36N4O3. The minimum Gasteiger partial charge on any atom is -0.385 e. The van der Waals surface area contributed by atoms with Crippen molar-refractivity contribution in [3.8, 4) is 0 Å². The van der Waals surface area contributed by atoms with Crippen LogP contribution in [0.4, 0.5) is 5.69 Å². The zero-order valence-corrected chi connectivity index (χ0v) is 18.2. The molecule has 166 valence electrons. The van der Waals surface area contributed by atoms with Crippen LogP contribution in [0.2, 0.25) is 0 Å². The van der Waals surface area contributed by atoms with Gasteiger partial charge in [-0.15, -0.1) is 0 Å². The van der Waals surface area contributed by atoms with Gasteiger partial charge in [0.15, 0.2) is 0 Å². The van der Waals surface area contributed by atoms with E-state index in [9.17, 15) is 4.79 Å². The van der Waals surface area contributed by atoms with Crippen molar-refractivity contribution >= 4 is 11.6 Å². The summed E-state index contributed by atoms with van der Waals surface area (Å²) in [5.41, 5.74) is 0.863. The number of fused-ring (bicyclic) bond motifs is 1. The molecule has 2 saturated heterocycles. The van der Waals surface area contributed by atoms with Gasteiger partial charge in [-0.3, -0.25) is 14.7 Å². The Labute approximate surface area is 180 Å². The van der Waals surface area contributed by atoms with Crippen LogP contribution in [0.5, 0.6) is 0 Å². The Bertz CT molecular complexity index is 682. The van der Waals surface area contributed by atoms with E-state index in [2.05, 4.69) is 32.2 Å². The molecule has 0 radical (unpaired) electrons. The van der Waals surface area contributed by atoms with Crippen LogP contribution >= 0.6 is 0 Å². The molecule has 1 amide bonds. The Morgan fingerprint density at radius 2 is 2.07 bits per heavy atom. The number of morpholine rings is 1. The van der Waals surface area contributed by atoms with Crippen LogP contribution in [0, 0.1) is 11.3 Å². The molecule has 1 aromatic rings. The predicted molar refractivity (Wildman–Crippen MR) is 117 cm³/mol. The summed E-state index contributed by atoms with van der Waals surface area (Å²) >= 11 is 0. The standard InChI is InChI=1S/C23H36N4O3/c1-29-14-2-8-25-22(28)23-7-3-21(26-12-15-30-16-13-26)17-19(23)6-11-27(18-23)20-4-9-24-10-5-20/h4-5,9-10,19,21H,2-3,6-8,11-18H2,1H3,(H,25,28)/t19-,21+,23-/m1/s1. The number of piperidine rings is 1. The van der Waals surface area contributed by atoms with Crippen molar-refractivity contribution in [2.75, 3.05) is 64.6 Å². The quantitative estimate of drug-likeness (QED) is 0.685. The lowest BCUT2D eigenvalue weighted by atomic mass is 9.60. The average molecular weight is 417 g/mol. The van der Waals surface area contributed by atoms with Crippen LogP contribution in [0.25, 0.3) is 0 Å². The Hall–Kier alpha value is -1.70. The third kappa shape index (κ3) is 4.63. The molecule has 2 aliphatic heterocycles. The van der Waals surface area contributed by atoms with Crippen molar-refractivity contribution in [1.29, 1.82) is 0 Å². The Kier molecular flexibility index (Phi) is 7.23. The van der Waals surface area contributed by atoms with E-state index in [-0.39, 0.29) is 11.3 Å². The molecule has 1 N–H and O–H groups in total. The van der Waals surface area contributed by atoms with E-state index in [0.29, 0.717) is 25.1 Å². The van der Waals surface area contributed by atoms with E-state index >= 15 is 0 Å². The monoisotopic (exact) mass is 416 g/mol. The van der Waals surface area contributed by atoms with E-state index < -0.39 is 0 Å². The van der Waals surface area contributed by atoms with Crippen LogP contribution in [0.1, 0.15) is 32.1 Å². The van der Waals surface area contributed by atoms with Crippen LogP contribution in [-0.4, -0.2) is 81.5 Å². The van der Waals surface area contributed by atoms with Gasteiger partial charge in [-0.05, 0) is 50.2 Å². The first-order valence-electron chi connectivity index (χ1n) is 11.5. The van der Waals surface area contributed by atoms with Gasteiger partial charge in [0.25, 0.3) is 0 Å². The molecule has 1 saturated carbocycles. The number of aromatic nitrogens is 1. The summed E-state index contributed by atoms with van der Waals surface area (Å²) in [7, 11) is 1.71. The zero-order chi connectivity index (χ0) is 20.8. The second-order valence-electron chi connectivity index (χ2n) is 8.95. The fourth-order valence-electron chi connectivity index (χ4n) is 5.65. The molecule has 3 atom stereocenters. The van der Waals surface area contributed by atoms with Crippen molar-refractivity contribution in [3.05, 3.63) is 24.5 Å². The van der Waals surface area contributed by atoms with Gasteiger partial charge in [-0.25, -0.2) is 0 Å². The van der Waals surface area contributed by atoms with Crippen molar-refractivity contribution < 1.29 is 14.3 Å². The molecule has 1 aliphatic carbocycles. The molecule has 0 bridgehead atoms. The highest BCUT2D eigenvalue weighted by molar-refractivity contribution is 5.84. The van der Waals surface area contributed by atoms with Gasteiger partial charge in [0.2, 0.25) is 5.91 Å². The first-order valence-corrected chi connectivity index (χ1v) is 11.5. The maximum absolute atomic E-state index is 13.6. The number of methoxy groups -OCH3 is 1. The summed E-state index contributed by atoms with van der Waals surface area (Å²) in [6, 6.07) is 4.70. The second kappa shape index (κ2) is 10.1. The molecule has 3 aliphatic rings. The van der Waals surface area contributed by atoms with Crippen molar-refractivity contribution in [3.63, 3.8) is 0 Å². The van der Waals surface area contributed by atoms with Gasteiger partial charge in [0, 0.05) is 70.6 Å². The molecule has 1 aromatic heterocycles. The summed E-state index contributed by atoms with van der Waals surface area (Å²) in [5, 5.41) is 3.25. The molecular weight excluding hydrogens is 380 g/mol. The van der Waals surface area contributed by atoms with E-state index in [1.165, 1.54) is 5.69 Å². The van der Waals surface area contributed by atoms with Crippen LogP contribution in [0.15, 0.2) is 24.5 Å². The number of hydrogen-bond acceptors (Lipinski definition) is 6. The number of ether oxygens (including phenoxy) is 2. The summed E-state index contributed by atoms with van der Waals surface area (Å²) in [4.78, 5) is 22.7. The van der Waals surface area contributed by atoms with Crippen LogP contribution in [-0.2, 0) is 14.3 Å². The fraction of sp³-hybridized carbons (Fsp3) is 0.739. The fourth-order valence-corrected chi connectivity index (χ4v) is 5.65. The lowest BCUT2D eigenvalue weighted by Gasteiger charge is -2.53. The number of rotatable bonds is 7. The van der Waals surface area contributed by atoms with Gasteiger partial charge < -0.3 is 19.7 Å². The molecule has 0 unspecified atom stereocenters. The minimum atomic E-state index is -0.308. The number of hydrogen-bond donors (Lipinski definition) is 1. The van der Waals surface area contributed by atoms with Gasteiger partial charge in [-0.2, -0.15) is 0 Å². The number of amides is 1. The molecule has 3 heterocycles. The van der Waals surface area contributed by atoms with Gasteiger partial charge in [-0.1, -0.05) is 0 Å². The van der Waals surface area contributed by atoms with Gasteiger partial charge in [0.05, 0.1) is 18.6 Å². The van der Waals surface area contributed by atoms with E-state index in [4.69, 9.17) is 9.47 Å². The highest BCUT2D eigenvalue weighted by atomic mass is 16.5. The first kappa shape index (κ1) is 21.5. The smallest absolute Gasteiger partial charge is 0.228 e. The predicted octanol–water partition coefficient (Wildman–Crippen LogP) is 1.93. The molecule has 3 fully saturated rings. The van der Waals surface area contributed by atoms with Crippen LogP contribution in [0.3, 0.4) is 0 Å². The topological polar surface area (TPSA) is 66.9 Å². The number of carbonyl (C=O) groups is 1. The van der Waals surface area contributed by atoms with Gasteiger partial charge >= 0.3 is 0 Å². The molecule has 0 spiro atoms. The number of carbonyl (C=O) groups excluding carboxylic acids is 1. The number of nitrogens with one attached hydrogen (secondary N) is 1. The zero-order valence-electron chi connectivity index (χ0n) is 18.2. The summed E-state index contributed by atoms with van der Waals surface area (Å²) in [6.07, 6.45) is 8.77. The molecule has 7 nitrogen and oxygen atoms in total. The highest BCUT2D eigenvalue weighted by Gasteiger charge is 2.52. The molecule has 0 aromatic carbocycles. The second-order valence-corrected chi connectivity index (χ2v) is 8.95. The van der Waals surface area contributed by atoms with Gasteiger partial charge in [0.1, 0.15) is 0 Å². The van der Waals surface area contributed by atoms with E-state index in [0.717, 1.165) is 71.5 Å². The molecule has 30 heavy (non-hydrogen) atoms. The summed E-state index contributed by atoms with van der Waals surface area (Å²) < 4.78 is 10.7. The number of pyridine rings is 1. The number of nitrogens with zero attached hydrogens (tertiary/aromatic N) is 3. The normalized spacial score (nSPS) is 30.0.